The summed E-state index contributed by atoms with van der Waals surface area (Å²) in [6.45, 7) is 4.54. The Morgan fingerprint density at radius 3 is 2.62 bits per heavy atom. The molecule has 1 nitrogen and oxygen atoms in total. The topological polar surface area (TPSA) is 9.23 Å². The number of ether oxygens (including phenoxy) is 1. The first-order chi connectivity index (χ1) is 7.81. The predicted octanol–water partition coefficient (Wildman–Crippen LogP) is 4.10. The maximum absolute atomic E-state index is 6.31. The number of rotatable bonds is 3. The molecule has 2 aliphatic rings. The maximum atomic E-state index is 6.31. The van der Waals surface area contributed by atoms with Crippen LogP contribution < -0.4 is 0 Å². The van der Waals surface area contributed by atoms with Crippen LogP contribution in [0.3, 0.4) is 0 Å². The lowest BCUT2D eigenvalue weighted by atomic mass is 9.84. The van der Waals surface area contributed by atoms with Gasteiger partial charge in [0.15, 0.2) is 0 Å². The Morgan fingerprint density at radius 2 is 1.88 bits per heavy atom. The standard InChI is InChI=1S/C15H24O/c1-3-13-9-5-7-11-15(13)16-14-10-6-4-8-12(14)2/h4,6,8,10,12-15H,3,5,7,9,11H2,1-2H3. The first-order valence-electron chi connectivity index (χ1n) is 6.81. The summed E-state index contributed by atoms with van der Waals surface area (Å²) in [5.41, 5.74) is 0. The van der Waals surface area contributed by atoms with Crippen LogP contribution in [-0.2, 0) is 4.74 Å². The van der Waals surface area contributed by atoms with Crippen molar-refractivity contribution in [2.45, 2.75) is 58.2 Å². The molecule has 0 N–H and O–H groups in total. The quantitative estimate of drug-likeness (QED) is 0.695. The van der Waals surface area contributed by atoms with E-state index in [1.165, 1.54) is 32.1 Å². The molecule has 0 bridgehead atoms. The number of hydrogen-bond donors (Lipinski definition) is 0. The molecule has 0 heterocycles. The lowest BCUT2D eigenvalue weighted by molar-refractivity contribution is -0.0540. The minimum absolute atomic E-state index is 0.308. The SMILES string of the molecule is CCC1CCCCC1OC1C=CC=CC1C. The molecule has 0 amide bonds. The van der Waals surface area contributed by atoms with E-state index in [0.29, 0.717) is 18.1 Å². The molecule has 1 fully saturated rings. The fourth-order valence-corrected chi connectivity index (χ4v) is 2.89. The van der Waals surface area contributed by atoms with Gasteiger partial charge in [0.25, 0.3) is 0 Å². The Bertz CT molecular complexity index is 267. The Kier molecular flexibility index (Phi) is 4.22. The zero-order chi connectivity index (χ0) is 11.4. The van der Waals surface area contributed by atoms with Crippen LogP contribution >= 0.6 is 0 Å². The third-order valence-corrected chi connectivity index (χ3v) is 4.04. The van der Waals surface area contributed by atoms with Crippen LogP contribution in [0.15, 0.2) is 24.3 Å². The molecule has 4 unspecified atom stereocenters. The summed E-state index contributed by atoms with van der Waals surface area (Å²) in [5, 5.41) is 0. The smallest absolute Gasteiger partial charge is 0.0822 e. The van der Waals surface area contributed by atoms with Crippen molar-refractivity contribution in [2.24, 2.45) is 11.8 Å². The molecule has 4 atom stereocenters. The Balaban J connectivity index is 1.92. The van der Waals surface area contributed by atoms with Gasteiger partial charge in [-0.1, -0.05) is 57.4 Å². The number of hydrogen-bond acceptors (Lipinski definition) is 1. The summed E-state index contributed by atoms with van der Waals surface area (Å²) in [6.07, 6.45) is 16.2. The lowest BCUT2D eigenvalue weighted by Gasteiger charge is -2.35. The van der Waals surface area contributed by atoms with Crippen molar-refractivity contribution < 1.29 is 4.74 Å². The van der Waals surface area contributed by atoms with Gasteiger partial charge in [0.2, 0.25) is 0 Å². The summed E-state index contributed by atoms with van der Waals surface area (Å²) < 4.78 is 6.31. The highest BCUT2D eigenvalue weighted by Crippen LogP contribution is 2.31. The highest BCUT2D eigenvalue weighted by atomic mass is 16.5. The van der Waals surface area contributed by atoms with Crippen LogP contribution in [0.4, 0.5) is 0 Å². The van der Waals surface area contributed by atoms with Gasteiger partial charge in [-0.3, -0.25) is 0 Å². The van der Waals surface area contributed by atoms with E-state index < -0.39 is 0 Å². The van der Waals surface area contributed by atoms with Crippen molar-refractivity contribution in [1.29, 1.82) is 0 Å². The maximum Gasteiger partial charge on any atom is 0.0822 e. The molecule has 2 rings (SSSR count). The molecule has 2 aliphatic carbocycles. The molecule has 1 saturated carbocycles. The third kappa shape index (κ3) is 2.76. The summed E-state index contributed by atoms with van der Waals surface area (Å²) in [7, 11) is 0. The summed E-state index contributed by atoms with van der Waals surface area (Å²) in [6, 6.07) is 0. The minimum atomic E-state index is 0.308. The van der Waals surface area contributed by atoms with Crippen LogP contribution in [0.5, 0.6) is 0 Å². The van der Waals surface area contributed by atoms with Crippen LogP contribution in [0, 0.1) is 11.8 Å². The molecule has 0 aromatic carbocycles. The Labute approximate surface area is 99.6 Å². The number of allylic oxidation sites excluding steroid dienone is 2. The van der Waals surface area contributed by atoms with Crippen molar-refractivity contribution in [3.8, 4) is 0 Å². The van der Waals surface area contributed by atoms with Gasteiger partial charge in [0.05, 0.1) is 12.2 Å². The van der Waals surface area contributed by atoms with Crippen molar-refractivity contribution in [1.82, 2.24) is 0 Å². The molecular formula is C15H24O. The van der Waals surface area contributed by atoms with E-state index in [0.717, 1.165) is 5.92 Å². The van der Waals surface area contributed by atoms with E-state index >= 15 is 0 Å². The summed E-state index contributed by atoms with van der Waals surface area (Å²) in [5.74, 6) is 1.32. The van der Waals surface area contributed by atoms with Crippen LogP contribution in [0.2, 0.25) is 0 Å². The zero-order valence-electron chi connectivity index (χ0n) is 10.6. The fraction of sp³-hybridized carbons (Fsp3) is 0.733. The minimum Gasteiger partial charge on any atom is -0.370 e. The molecule has 0 aliphatic heterocycles. The molecular weight excluding hydrogens is 196 g/mol. The Hall–Kier alpha value is -0.560. The average molecular weight is 220 g/mol. The summed E-state index contributed by atoms with van der Waals surface area (Å²) in [4.78, 5) is 0. The van der Waals surface area contributed by atoms with E-state index in [9.17, 15) is 0 Å². The van der Waals surface area contributed by atoms with Crippen molar-refractivity contribution >= 4 is 0 Å². The monoisotopic (exact) mass is 220 g/mol. The molecule has 1 heteroatoms. The van der Waals surface area contributed by atoms with Gasteiger partial charge in [0.1, 0.15) is 0 Å². The van der Waals surface area contributed by atoms with E-state index in [-0.39, 0.29) is 0 Å². The molecule has 0 spiro atoms. The molecule has 90 valence electrons. The first kappa shape index (κ1) is 11.9. The van der Waals surface area contributed by atoms with Gasteiger partial charge in [-0.25, -0.2) is 0 Å². The van der Waals surface area contributed by atoms with Gasteiger partial charge >= 0.3 is 0 Å². The van der Waals surface area contributed by atoms with E-state index in [2.05, 4.69) is 38.2 Å². The van der Waals surface area contributed by atoms with Gasteiger partial charge in [-0.2, -0.15) is 0 Å². The highest BCUT2D eigenvalue weighted by Gasteiger charge is 2.27. The van der Waals surface area contributed by atoms with Gasteiger partial charge in [-0.05, 0) is 18.8 Å². The molecule has 16 heavy (non-hydrogen) atoms. The van der Waals surface area contributed by atoms with Crippen LogP contribution in [0.25, 0.3) is 0 Å². The largest absolute Gasteiger partial charge is 0.370 e. The van der Waals surface area contributed by atoms with Crippen molar-refractivity contribution in [3.63, 3.8) is 0 Å². The first-order valence-corrected chi connectivity index (χ1v) is 6.81. The van der Waals surface area contributed by atoms with Gasteiger partial charge in [0, 0.05) is 5.92 Å². The van der Waals surface area contributed by atoms with Crippen molar-refractivity contribution in [3.05, 3.63) is 24.3 Å². The normalized spacial score (nSPS) is 38.9. The molecule has 0 aromatic rings. The second-order valence-corrected chi connectivity index (χ2v) is 5.22. The molecule has 0 saturated heterocycles. The van der Waals surface area contributed by atoms with Crippen molar-refractivity contribution in [2.75, 3.05) is 0 Å². The van der Waals surface area contributed by atoms with Gasteiger partial charge < -0.3 is 4.74 Å². The van der Waals surface area contributed by atoms with Crippen LogP contribution in [-0.4, -0.2) is 12.2 Å². The second-order valence-electron chi connectivity index (χ2n) is 5.22. The van der Waals surface area contributed by atoms with E-state index in [1.807, 2.05) is 0 Å². The zero-order valence-corrected chi connectivity index (χ0v) is 10.6. The third-order valence-electron chi connectivity index (χ3n) is 4.04. The van der Waals surface area contributed by atoms with E-state index in [1.54, 1.807) is 0 Å². The highest BCUT2D eigenvalue weighted by molar-refractivity contribution is 5.14. The molecule has 0 radical (unpaired) electrons. The molecule has 0 aromatic heterocycles. The van der Waals surface area contributed by atoms with E-state index in [4.69, 9.17) is 4.74 Å². The second kappa shape index (κ2) is 5.67. The average Bonchev–Trinajstić information content (AvgIpc) is 2.33. The summed E-state index contributed by atoms with van der Waals surface area (Å²) >= 11 is 0. The Morgan fingerprint density at radius 1 is 1.12 bits per heavy atom. The predicted molar refractivity (Wildman–Crippen MR) is 68.4 cm³/mol. The van der Waals surface area contributed by atoms with Gasteiger partial charge in [-0.15, -0.1) is 0 Å². The van der Waals surface area contributed by atoms with Crippen LogP contribution in [0.1, 0.15) is 46.0 Å². The lowest BCUT2D eigenvalue weighted by Crippen LogP contribution is -2.33. The fourth-order valence-electron chi connectivity index (χ4n) is 2.89.